The molecule has 0 radical (unpaired) electrons. The number of ether oxygens (including phenoxy) is 4. The Kier molecular flexibility index (Phi) is 40.2. The van der Waals surface area contributed by atoms with Crippen LogP contribution < -0.4 is 0 Å². The number of hydrogen-bond acceptors (Lipinski definition) is 10. The molecule has 364 valence electrons. The van der Waals surface area contributed by atoms with E-state index in [0.29, 0.717) is 12.8 Å². The van der Waals surface area contributed by atoms with Gasteiger partial charge < -0.3 is 39.4 Å². The highest BCUT2D eigenvalue weighted by atomic mass is 16.7. The van der Waals surface area contributed by atoms with Gasteiger partial charge in [0.2, 0.25) is 0 Å². The maximum atomic E-state index is 12.8. The van der Waals surface area contributed by atoms with Gasteiger partial charge in [0.1, 0.15) is 31.0 Å². The predicted octanol–water partition coefficient (Wildman–Crippen LogP) is 11.8. The minimum atomic E-state index is -1.61. The summed E-state index contributed by atoms with van der Waals surface area (Å²) >= 11 is 0. The monoisotopic (exact) mass is 889 g/mol. The van der Waals surface area contributed by atoms with Crippen molar-refractivity contribution in [3.63, 3.8) is 0 Å². The Bertz CT molecular complexity index is 1210. The van der Waals surface area contributed by atoms with E-state index in [4.69, 9.17) is 18.9 Å². The van der Waals surface area contributed by atoms with Gasteiger partial charge in [0.15, 0.2) is 12.4 Å². The molecule has 0 saturated carbocycles. The van der Waals surface area contributed by atoms with Gasteiger partial charge in [0, 0.05) is 12.8 Å². The lowest BCUT2D eigenvalue weighted by Crippen LogP contribution is -2.59. The van der Waals surface area contributed by atoms with Crippen LogP contribution in [0.25, 0.3) is 0 Å². The van der Waals surface area contributed by atoms with Gasteiger partial charge in [-0.05, 0) is 77.0 Å². The molecular formula is C53H92O10. The molecule has 1 aliphatic heterocycles. The van der Waals surface area contributed by atoms with E-state index in [1.807, 2.05) is 0 Å². The Hall–Kier alpha value is -2.60. The van der Waals surface area contributed by atoms with Crippen molar-refractivity contribution >= 4 is 11.9 Å². The summed E-state index contributed by atoms with van der Waals surface area (Å²) in [6, 6.07) is 0. The van der Waals surface area contributed by atoms with Crippen molar-refractivity contribution in [2.75, 3.05) is 19.8 Å². The van der Waals surface area contributed by atoms with E-state index in [0.717, 1.165) is 51.4 Å². The summed E-state index contributed by atoms with van der Waals surface area (Å²) in [6.45, 7) is 3.35. The van der Waals surface area contributed by atoms with Crippen LogP contribution in [0, 0.1) is 0 Å². The van der Waals surface area contributed by atoms with E-state index in [9.17, 15) is 30.0 Å². The van der Waals surface area contributed by atoms with Gasteiger partial charge in [0.05, 0.1) is 13.2 Å². The summed E-state index contributed by atoms with van der Waals surface area (Å²) in [6.07, 6.45) is 46.6. The number of unbranched alkanes of at least 4 members (excludes halogenated alkanes) is 21. The number of aliphatic hydroxyl groups excluding tert-OH is 4. The standard InChI is InChI=1S/C53H92O10/c1-3-5-7-9-11-13-15-17-19-21-22-23-24-26-28-30-32-34-36-38-40-42-49(56)62-46(45-61-53-52(59)51(58)50(57)47(43-54)63-53)44-60-48(55)41-39-37-35-33-31-29-27-25-20-18-16-14-12-10-8-6-4-2/h12,14,17-20,27,29,33,35,46-47,50-54,57-59H,3-11,13,15-16,21-26,28,30-32,34,36-45H2,1-2H3/b14-12+,19-17+,20-18+,29-27+,35-33+/t46-,47-,50+,51?,52?,53-/m1/s1. The Balaban J connectivity index is 2.30. The lowest BCUT2D eigenvalue weighted by atomic mass is 9.99. The fourth-order valence-corrected chi connectivity index (χ4v) is 7.35. The van der Waals surface area contributed by atoms with Crippen LogP contribution in [0.1, 0.15) is 206 Å². The van der Waals surface area contributed by atoms with Crippen molar-refractivity contribution in [3.05, 3.63) is 60.8 Å². The molecule has 6 atom stereocenters. The lowest BCUT2D eigenvalue weighted by Gasteiger charge is -2.39. The first-order valence-electron chi connectivity index (χ1n) is 25.4. The van der Waals surface area contributed by atoms with Crippen LogP contribution in [0.3, 0.4) is 0 Å². The molecule has 1 heterocycles. The third-order valence-corrected chi connectivity index (χ3v) is 11.4. The van der Waals surface area contributed by atoms with E-state index in [1.165, 1.54) is 116 Å². The predicted molar refractivity (Wildman–Crippen MR) is 256 cm³/mol. The molecule has 0 aliphatic carbocycles. The molecule has 2 unspecified atom stereocenters. The molecule has 1 rings (SSSR count). The number of allylic oxidation sites excluding steroid dienone is 10. The van der Waals surface area contributed by atoms with Crippen molar-refractivity contribution in [1.29, 1.82) is 0 Å². The zero-order valence-corrected chi connectivity index (χ0v) is 39.8. The van der Waals surface area contributed by atoms with Crippen molar-refractivity contribution in [1.82, 2.24) is 0 Å². The largest absolute Gasteiger partial charge is 0.462 e. The van der Waals surface area contributed by atoms with Crippen molar-refractivity contribution in [2.45, 2.75) is 243 Å². The van der Waals surface area contributed by atoms with Gasteiger partial charge in [0.25, 0.3) is 0 Å². The summed E-state index contributed by atoms with van der Waals surface area (Å²) in [4.78, 5) is 25.4. The second-order valence-electron chi connectivity index (χ2n) is 17.3. The number of carbonyl (C=O) groups excluding carboxylic acids is 2. The molecule has 10 nitrogen and oxygen atoms in total. The van der Waals surface area contributed by atoms with Crippen molar-refractivity contribution in [3.8, 4) is 0 Å². The normalized spacial score (nSPS) is 20.0. The number of aliphatic hydroxyl groups is 4. The Morgan fingerprint density at radius 2 is 0.905 bits per heavy atom. The molecule has 0 bridgehead atoms. The van der Waals surface area contributed by atoms with Gasteiger partial charge in [-0.25, -0.2) is 0 Å². The van der Waals surface area contributed by atoms with Crippen LogP contribution in [0.2, 0.25) is 0 Å². The maximum absolute atomic E-state index is 12.8. The van der Waals surface area contributed by atoms with Crippen LogP contribution in [0.15, 0.2) is 60.8 Å². The zero-order valence-electron chi connectivity index (χ0n) is 39.8. The van der Waals surface area contributed by atoms with Crippen molar-refractivity contribution < 1.29 is 49.0 Å². The van der Waals surface area contributed by atoms with E-state index in [2.05, 4.69) is 74.6 Å². The number of hydrogen-bond donors (Lipinski definition) is 4. The van der Waals surface area contributed by atoms with Crippen LogP contribution in [0.4, 0.5) is 0 Å². The van der Waals surface area contributed by atoms with Gasteiger partial charge in [-0.1, -0.05) is 177 Å². The number of rotatable bonds is 42. The second-order valence-corrected chi connectivity index (χ2v) is 17.3. The molecular weight excluding hydrogens is 797 g/mol. The first-order chi connectivity index (χ1) is 30.8. The molecule has 0 amide bonds. The van der Waals surface area contributed by atoms with Gasteiger partial charge in [-0.2, -0.15) is 0 Å². The molecule has 0 aromatic heterocycles. The third kappa shape index (κ3) is 34.4. The first kappa shape index (κ1) is 58.4. The Morgan fingerprint density at radius 3 is 1.43 bits per heavy atom. The summed E-state index contributed by atoms with van der Waals surface area (Å²) in [5.74, 6) is -0.871. The topological polar surface area (TPSA) is 152 Å². The van der Waals surface area contributed by atoms with Gasteiger partial charge in [-0.15, -0.1) is 0 Å². The van der Waals surface area contributed by atoms with Crippen LogP contribution >= 0.6 is 0 Å². The average molecular weight is 889 g/mol. The molecule has 4 N–H and O–H groups in total. The summed E-state index contributed by atoms with van der Waals surface area (Å²) in [5, 5.41) is 40.2. The molecule has 63 heavy (non-hydrogen) atoms. The molecule has 1 fully saturated rings. The molecule has 0 spiro atoms. The van der Waals surface area contributed by atoms with Crippen LogP contribution in [-0.4, -0.2) is 89.0 Å². The molecule has 1 aliphatic rings. The third-order valence-electron chi connectivity index (χ3n) is 11.4. The van der Waals surface area contributed by atoms with Gasteiger partial charge >= 0.3 is 11.9 Å². The summed E-state index contributed by atoms with van der Waals surface area (Å²) in [5.41, 5.74) is 0. The number of carbonyl (C=O) groups is 2. The highest BCUT2D eigenvalue weighted by Crippen LogP contribution is 2.23. The molecule has 0 aromatic carbocycles. The average Bonchev–Trinajstić information content (AvgIpc) is 3.28. The van der Waals surface area contributed by atoms with E-state index in [1.54, 1.807) is 0 Å². The maximum Gasteiger partial charge on any atom is 0.306 e. The van der Waals surface area contributed by atoms with Crippen LogP contribution in [-0.2, 0) is 28.5 Å². The minimum absolute atomic E-state index is 0.198. The highest BCUT2D eigenvalue weighted by Gasteiger charge is 2.44. The summed E-state index contributed by atoms with van der Waals surface area (Å²) in [7, 11) is 0. The second kappa shape index (κ2) is 43.3. The van der Waals surface area contributed by atoms with Crippen molar-refractivity contribution in [2.24, 2.45) is 0 Å². The minimum Gasteiger partial charge on any atom is -0.462 e. The SMILES string of the molecule is CCCCC/C=C/C/C=C/C/C=C/C/C=C/CCCC(=O)OC[C@H](CO[C@@H]1O[C@H](CO)[C@H](O)C(O)C1O)OC(=O)CCCCCCCCCCCCC/C=C/CCCCCCCC. The quantitative estimate of drug-likeness (QED) is 0.0265. The fourth-order valence-electron chi connectivity index (χ4n) is 7.35. The fraction of sp³-hybridized carbons (Fsp3) is 0.774. The Labute approximate surface area is 383 Å². The lowest BCUT2D eigenvalue weighted by molar-refractivity contribution is -0.305. The zero-order chi connectivity index (χ0) is 45.9. The number of esters is 2. The van der Waals surface area contributed by atoms with E-state index in [-0.39, 0.29) is 26.1 Å². The Morgan fingerprint density at radius 1 is 0.492 bits per heavy atom. The smallest absolute Gasteiger partial charge is 0.306 e. The molecule has 10 heteroatoms. The molecule has 1 saturated heterocycles. The first-order valence-corrected chi connectivity index (χ1v) is 25.4. The summed E-state index contributed by atoms with van der Waals surface area (Å²) < 4.78 is 22.2. The van der Waals surface area contributed by atoms with E-state index >= 15 is 0 Å². The highest BCUT2D eigenvalue weighted by molar-refractivity contribution is 5.70. The van der Waals surface area contributed by atoms with Crippen LogP contribution in [0.5, 0.6) is 0 Å². The van der Waals surface area contributed by atoms with Gasteiger partial charge in [-0.3, -0.25) is 9.59 Å². The van der Waals surface area contributed by atoms with E-state index < -0.39 is 55.4 Å². The molecule has 0 aromatic rings.